The molecular formula is C25H32F2N6. The van der Waals surface area contributed by atoms with Gasteiger partial charge < -0.3 is 16.0 Å². The maximum atomic E-state index is 14.8. The molecule has 0 amide bonds. The van der Waals surface area contributed by atoms with Crippen molar-refractivity contribution in [2.45, 2.75) is 39.5 Å². The largest absolute Gasteiger partial charge is 0.402 e. The van der Waals surface area contributed by atoms with Crippen LogP contribution >= 0.6 is 0 Å². The summed E-state index contributed by atoms with van der Waals surface area (Å²) in [6.07, 6.45) is 6.76. The quantitative estimate of drug-likeness (QED) is 0.473. The van der Waals surface area contributed by atoms with Crippen LogP contribution in [0.4, 0.5) is 26.0 Å². The van der Waals surface area contributed by atoms with E-state index in [-0.39, 0.29) is 18.1 Å². The fraction of sp³-hybridized carbons (Fsp3) is 0.400. The van der Waals surface area contributed by atoms with E-state index >= 15 is 0 Å². The van der Waals surface area contributed by atoms with E-state index < -0.39 is 11.6 Å². The van der Waals surface area contributed by atoms with E-state index in [4.69, 9.17) is 5.73 Å². The Labute approximate surface area is 194 Å². The summed E-state index contributed by atoms with van der Waals surface area (Å²) >= 11 is 0. The molecule has 1 unspecified atom stereocenters. The highest BCUT2D eigenvalue weighted by molar-refractivity contribution is 6.12. The van der Waals surface area contributed by atoms with E-state index in [9.17, 15) is 8.78 Å². The molecule has 0 aliphatic carbocycles. The number of nitrogens with zero attached hydrogens (tertiary/aromatic N) is 4. The van der Waals surface area contributed by atoms with Crippen LogP contribution in [-0.2, 0) is 6.42 Å². The monoisotopic (exact) mass is 454 g/mol. The Morgan fingerprint density at radius 1 is 1.33 bits per heavy atom. The summed E-state index contributed by atoms with van der Waals surface area (Å²) in [5.41, 5.74) is 7.60. The maximum Gasteiger partial charge on any atom is 0.164 e. The summed E-state index contributed by atoms with van der Waals surface area (Å²) in [6.45, 7) is 9.48. The molecule has 1 fully saturated rings. The highest BCUT2D eigenvalue weighted by Gasteiger charge is 2.21. The molecule has 1 atom stereocenters. The molecule has 0 saturated carbocycles. The van der Waals surface area contributed by atoms with Crippen LogP contribution in [0.15, 0.2) is 52.5 Å². The molecule has 176 valence electrons. The van der Waals surface area contributed by atoms with Crippen LogP contribution < -0.4 is 16.0 Å². The first kappa shape index (κ1) is 24.4. The number of benzene rings is 1. The Kier molecular flexibility index (Phi) is 8.52. The molecular weight excluding hydrogens is 422 g/mol. The van der Waals surface area contributed by atoms with Crippen molar-refractivity contribution in [2.24, 2.45) is 21.6 Å². The number of nitrogens with one attached hydrogen (secondary N) is 1. The molecule has 3 rings (SSSR count). The molecule has 2 heterocycles. The summed E-state index contributed by atoms with van der Waals surface area (Å²) in [5, 5.41) is 3.06. The number of aliphatic imine (C=N–C) groups is 2. The van der Waals surface area contributed by atoms with Gasteiger partial charge in [0.25, 0.3) is 0 Å². The van der Waals surface area contributed by atoms with Gasteiger partial charge >= 0.3 is 0 Å². The first-order valence-electron chi connectivity index (χ1n) is 11.3. The molecule has 2 aromatic rings. The van der Waals surface area contributed by atoms with Crippen LogP contribution in [0.1, 0.15) is 44.2 Å². The van der Waals surface area contributed by atoms with Crippen LogP contribution in [-0.4, -0.2) is 37.2 Å². The average molecular weight is 455 g/mol. The third kappa shape index (κ3) is 6.15. The van der Waals surface area contributed by atoms with Gasteiger partial charge in [-0.3, -0.25) is 9.98 Å². The highest BCUT2D eigenvalue weighted by atomic mass is 19.1. The van der Waals surface area contributed by atoms with Gasteiger partial charge in [0.2, 0.25) is 0 Å². The van der Waals surface area contributed by atoms with E-state index in [0.29, 0.717) is 23.0 Å². The number of hydrogen-bond acceptors (Lipinski definition) is 6. The molecule has 0 spiro atoms. The standard InChI is InChI=1S/C25H32F2N6/c1-4-17(2)11-18-7-8-23(30-15-18)31-16-32-24(21(27)14-28)19-12-20(26)25(29-3)22(13-19)33-9-5-6-10-33/h7-8,12-15,17H,3-6,9-11,16,28H2,1-2H3,(H,30,31)/b21-14+,32-24-. The van der Waals surface area contributed by atoms with Crippen molar-refractivity contribution >= 4 is 29.6 Å². The second-order valence-corrected chi connectivity index (χ2v) is 8.30. The van der Waals surface area contributed by atoms with E-state index in [2.05, 4.69) is 40.9 Å². The normalized spacial score (nSPS) is 15.6. The van der Waals surface area contributed by atoms with Gasteiger partial charge in [-0.25, -0.2) is 13.8 Å². The van der Waals surface area contributed by atoms with Crippen molar-refractivity contribution in [2.75, 3.05) is 30.0 Å². The lowest BCUT2D eigenvalue weighted by molar-refractivity contribution is 0.559. The zero-order valence-electron chi connectivity index (χ0n) is 19.3. The van der Waals surface area contributed by atoms with Crippen LogP contribution in [0.3, 0.4) is 0 Å². The number of anilines is 2. The van der Waals surface area contributed by atoms with Crippen LogP contribution in [0, 0.1) is 11.7 Å². The minimum Gasteiger partial charge on any atom is -0.402 e. The predicted molar refractivity (Wildman–Crippen MR) is 133 cm³/mol. The Bertz CT molecular complexity index is 1010. The Morgan fingerprint density at radius 3 is 2.70 bits per heavy atom. The zero-order chi connectivity index (χ0) is 23.8. The van der Waals surface area contributed by atoms with Gasteiger partial charge in [0.1, 0.15) is 23.9 Å². The SMILES string of the molecule is C=Nc1c(F)cc(C(=N/CNc2ccc(CC(C)CC)cn2)/C(F)=C\N)cc1N1CCCC1. The molecule has 33 heavy (non-hydrogen) atoms. The van der Waals surface area contributed by atoms with Gasteiger partial charge in [0, 0.05) is 31.0 Å². The molecule has 1 aliphatic heterocycles. The minimum absolute atomic E-state index is 0.0339. The van der Waals surface area contributed by atoms with Crippen LogP contribution in [0.2, 0.25) is 0 Å². The van der Waals surface area contributed by atoms with Gasteiger partial charge in [-0.15, -0.1) is 0 Å². The highest BCUT2D eigenvalue weighted by Crippen LogP contribution is 2.35. The number of allylic oxidation sites excluding steroid dienone is 1. The number of pyridine rings is 1. The van der Waals surface area contributed by atoms with Gasteiger partial charge in [-0.2, -0.15) is 0 Å². The van der Waals surface area contributed by atoms with E-state index in [0.717, 1.165) is 50.5 Å². The number of nitrogens with two attached hydrogens (primary N) is 1. The molecule has 6 nitrogen and oxygen atoms in total. The van der Waals surface area contributed by atoms with Gasteiger partial charge in [-0.05, 0) is 55.7 Å². The molecule has 1 aromatic carbocycles. The third-order valence-corrected chi connectivity index (χ3v) is 5.90. The lowest BCUT2D eigenvalue weighted by Crippen LogP contribution is -2.19. The second kappa shape index (κ2) is 11.5. The number of aromatic nitrogens is 1. The molecule has 8 heteroatoms. The van der Waals surface area contributed by atoms with Gasteiger partial charge in [0.05, 0.1) is 5.69 Å². The minimum atomic E-state index is -0.736. The first-order chi connectivity index (χ1) is 16.0. The van der Waals surface area contributed by atoms with Crippen molar-refractivity contribution in [3.05, 3.63) is 59.4 Å². The third-order valence-electron chi connectivity index (χ3n) is 5.90. The summed E-state index contributed by atoms with van der Waals surface area (Å²) < 4.78 is 29.4. The number of halogens is 2. The summed E-state index contributed by atoms with van der Waals surface area (Å²) in [6, 6.07) is 6.80. The summed E-state index contributed by atoms with van der Waals surface area (Å²) in [7, 11) is 0. The lowest BCUT2D eigenvalue weighted by Gasteiger charge is -2.21. The van der Waals surface area contributed by atoms with Crippen molar-refractivity contribution in [3.8, 4) is 0 Å². The fourth-order valence-corrected chi connectivity index (χ4v) is 3.86. The van der Waals surface area contributed by atoms with Crippen molar-refractivity contribution in [3.63, 3.8) is 0 Å². The summed E-state index contributed by atoms with van der Waals surface area (Å²) in [4.78, 5) is 14.6. The second-order valence-electron chi connectivity index (χ2n) is 8.30. The summed E-state index contributed by atoms with van der Waals surface area (Å²) in [5.74, 6) is -0.0937. The smallest absolute Gasteiger partial charge is 0.164 e. The van der Waals surface area contributed by atoms with Crippen LogP contribution in [0.25, 0.3) is 0 Å². The number of hydrogen-bond donors (Lipinski definition) is 2. The van der Waals surface area contributed by atoms with E-state index in [1.165, 1.54) is 6.07 Å². The Balaban J connectivity index is 1.82. The molecule has 1 aromatic heterocycles. The Morgan fingerprint density at radius 2 is 2.09 bits per heavy atom. The van der Waals surface area contributed by atoms with Crippen LogP contribution in [0.5, 0.6) is 0 Å². The molecule has 0 radical (unpaired) electrons. The van der Waals surface area contributed by atoms with E-state index in [1.54, 1.807) is 6.07 Å². The van der Waals surface area contributed by atoms with Crippen molar-refractivity contribution in [1.29, 1.82) is 0 Å². The molecule has 1 saturated heterocycles. The van der Waals surface area contributed by atoms with Crippen molar-refractivity contribution < 1.29 is 8.78 Å². The van der Waals surface area contributed by atoms with Gasteiger partial charge in [0.15, 0.2) is 11.6 Å². The Hall–Kier alpha value is -3.29. The maximum absolute atomic E-state index is 14.8. The first-order valence-corrected chi connectivity index (χ1v) is 11.3. The van der Waals surface area contributed by atoms with Gasteiger partial charge in [-0.1, -0.05) is 26.3 Å². The molecule has 3 N–H and O–H groups in total. The topological polar surface area (TPSA) is 78.9 Å². The van der Waals surface area contributed by atoms with E-state index in [1.807, 2.05) is 23.2 Å². The lowest BCUT2D eigenvalue weighted by atomic mass is 10.0. The average Bonchev–Trinajstić information content (AvgIpc) is 3.36. The predicted octanol–water partition coefficient (Wildman–Crippen LogP) is 5.37. The molecule has 1 aliphatic rings. The fourth-order valence-electron chi connectivity index (χ4n) is 3.86. The number of rotatable bonds is 10. The zero-order valence-corrected chi connectivity index (χ0v) is 19.3. The molecule has 0 bridgehead atoms. The van der Waals surface area contributed by atoms with Crippen molar-refractivity contribution in [1.82, 2.24) is 4.98 Å².